The van der Waals surface area contributed by atoms with Crippen LogP contribution >= 0.6 is 0 Å². The van der Waals surface area contributed by atoms with E-state index < -0.39 is 7.05 Å². The standard InChI is InChI=1S/C8H14BNO3/c1-9(12)10-6-2-8(11)3-7(10)5-13-4-6/h6-7,12H,2-5H2,1H3. The van der Waals surface area contributed by atoms with E-state index in [1.165, 1.54) is 0 Å². The zero-order valence-corrected chi connectivity index (χ0v) is 7.77. The van der Waals surface area contributed by atoms with E-state index in [9.17, 15) is 9.82 Å². The van der Waals surface area contributed by atoms with Gasteiger partial charge in [0.2, 0.25) is 0 Å². The Morgan fingerprint density at radius 1 is 1.46 bits per heavy atom. The van der Waals surface area contributed by atoms with Crippen LogP contribution in [0.2, 0.25) is 6.82 Å². The van der Waals surface area contributed by atoms with Gasteiger partial charge in [0.1, 0.15) is 5.78 Å². The lowest BCUT2D eigenvalue weighted by Gasteiger charge is -2.45. The number of nitrogens with zero attached hydrogens (tertiary/aromatic N) is 1. The summed E-state index contributed by atoms with van der Waals surface area (Å²) < 4.78 is 5.36. The molecule has 0 spiro atoms. The molecule has 2 unspecified atom stereocenters. The zero-order chi connectivity index (χ0) is 9.42. The van der Waals surface area contributed by atoms with Crippen molar-refractivity contribution in [2.75, 3.05) is 13.2 Å². The minimum atomic E-state index is -0.466. The first-order chi connectivity index (χ1) is 6.18. The highest BCUT2D eigenvalue weighted by Gasteiger charge is 2.41. The fourth-order valence-corrected chi connectivity index (χ4v) is 2.36. The average Bonchev–Trinajstić information content (AvgIpc) is 2.01. The number of ether oxygens (including phenoxy) is 1. The second-order valence-corrected chi connectivity index (χ2v) is 3.87. The molecule has 2 aliphatic rings. The van der Waals surface area contributed by atoms with Crippen LogP contribution in [0.25, 0.3) is 0 Å². The summed E-state index contributed by atoms with van der Waals surface area (Å²) in [6.45, 7) is 2.90. The summed E-state index contributed by atoms with van der Waals surface area (Å²) in [4.78, 5) is 13.3. The van der Waals surface area contributed by atoms with Gasteiger partial charge in [-0.3, -0.25) is 4.79 Å². The number of hydrogen-bond acceptors (Lipinski definition) is 4. The first kappa shape index (κ1) is 9.18. The first-order valence-electron chi connectivity index (χ1n) is 4.73. The van der Waals surface area contributed by atoms with Gasteiger partial charge in [-0.1, -0.05) is 0 Å². The summed E-state index contributed by atoms with van der Waals surface area (Å²) in [5, 5.41) is 9.53. The number of carbonyl (C=O) groups is 1. The lowest BCUT2D eigenvalue weighted by Crippen LogP contribution is -2.61. The van der Waals surface area contributed by atoms with Gasteiger partial charge in [0.05, 0.1) is 13.2 Å². The Kier molecular flexibility index (Phi) is 2.40. The molecule has 0 aromatic carbocycles. The van der Waals surface area contributed by atoms with Gasteiger partial charge < -0.3 is 14.6 Å². The lowest BCUT2D eigenvalue weighted by molar-refractivity contribution is -0.130. The van der Waals surface area contributed by atoms with E-state index >= 15 is 0 Å². The second-order valence-electron chi connectivity index (χ2n) is 3.87. The normalized spacial score (nSPS) is 34.8. The van der Waals surface area contributed by atoms with Crippen LogP contribution in [0.15, 0.2) is 0 Å². The quantitative estimate of drug-likeness (QED) is 0.558. The van der Waals surface area contributed by atoms with Crippen molar-refractivity contribution >= 4 is 12.8 Å². The van der Waals surface area contributed by atoms with Gasteiger partial charge in [-0.2, -0.15) is 0 Å². The second kappa shape index (κ2) is 3.40. The molecular formula is C8H14BNO3. The van der Waals surface area contributed by atoms with E-state index in [2.05, 4.69) is 0 Å². The fraction of sp³-hybridized carbons (Fsp3) is 0.875. The van der Waals surface area contributed by atoms with Crippen LogP contribution in [0, 0.1) is 0 Å². The molecule has 13 heavy (non-hydrogen) atoms. The molecule has 2 fully saturated rings. The molecule has 0 radical (unpaired) electrons. The SMILES string of the molecule is CB(O)N1C2COCC1CC(=O)C2. The molecule has 4 nitrogen and oxygen atoms in total. The van der Waals surface area contributed by atoms with Crippen LogP contribution in [-0.4, -0.2) is 48.0 Å². The van der Waals surface area contributed by atoms with Crippen molar-refractivity contribution in [1.82, 2.24) is 4.81 Å². The monoisotopic (exact) mass is 183 g/mol. The Morgan fingerprint density at radius 2 is 2.00 bits per heavy atom. The Bertz CT molecular complexity index is 205. The first-order valence-corrected chi connectivity index (χ1v) is 4.73. The number of Topliss-reactive ketones (excluding diaryl/α,β-unsaturated/α-hetero) is 1. The molecule has 0 aromatic rings. The van der Waals surface area contributed by atoms with Crippen molar-refractivity contribution < 1.29 is 14.6 Å². The van der Waals surface area contributed by atoms with E-state index in [0.29, 0.717) is 31.8 Å². The summed E-state index contributed by atoms with van der Waals surface area (Å²) in [6.07, 6.45) is 1.06. The predicted octanol–water partition coefficient (Wildman–Crippen LogP) is -0.471. The highest BCUT2D eigenvalue weighted by molar-refractivity contribution is 6.45. The molecule has 0 aromatic heterocycles. The van der Waals surface area contributed by atoms with Gasteiger partial charge in [0, 0.05) is 24.9 Å². The number of fused-ring (bicyclic) bond motifs is 2. The number of hydrogen-bond donors (Lipinski definition) is 1. The summed E-state index contributed by atoms with van der Waals surface area (Å²) in [6, 6.07) is 0.194. The fourth-order valence-electron chi connectivity index (χ4n) is 2.36. The van der Waals surface area contributed by atoms with Crippen LogP contribution in [0.3, 0.4) is 0 Å². The molecule has 5 heteroatoms. The molecule has 2 aliphatic heterocycles. The third kappa shape index (κ3) is 1.64. The number of carbonyl (C=O) groups excluding carboxylic acids is 1. The highest BCUT2D eigenvalue weighted by atomic mass is 16.5. The van der Waals surface area contributed by atoms with E-state index in [1.807, 2.05) is 4.81 Å². The molecule has 2 saturated heterocycles. The summed E-state index contributed by atoms with van der Waals surface area (Å²) in [5.41, 5.74) is 0. The van der Waals surface area contributed by atoms with Crippen LogP contribution in [0.5, 0.6) is 0 Å². The minimum Gasteiger partial charge on any atom is -0.437 e. The van der Waals surface area contributed by atoms with Crippen molar-refractivity contribution in [3.63, 3.8) is 0 Å². The van der Waals surface area contributed by atoms with E-state index in [0.717, 1.165) is 0 Å². The predicted molar refractivity (Wildman–Crippen MR) is 48.3 cm³/mol. The molecule has 0 amide bonds. The van der Waals surface area contributed by atoms with Crippen molar-refractivity contribution in [2.24, 2.45) is 0 Å². The van der Waals surface area contributed by atoms with E-state index in [-0.39, 0.29) is 12.1 Å². The Morgan fingerprint density at radius 3 is 2.46 bits per heavy atom. The van der Waals surface area contributed by atoms with Crippen LogP contribution in [0.4, 0.5) is 0 Å². The summed E-state index contributed by atoms with van der Waals surface area (Å²) >= 11 is 0. The van der Waals surface area contributed by atoms with Gasteiger partial charge in [0.25, 0.3) is 0 Å². The maximum Gasteiger partial charge on any atom is 0.377 e. The maximum atomic E-state index is 11.3. The average molecular weight is 183 g/mol. The third-order valence-electron chi connectivity index (χ3n) is 2.82. The molecular weight excluding hydrogens is 169 g/mol. The largest absolute Gasteiger partial charge is 0.437 e. The number of ketones is 1. The zero-order valence-electron chi connectivity index (χ0n) is 7.77. The molecule has 72 valence electrons. The molecule has 0 aliphatic carbocycles. The van der Waals surface area contributed by atoms with Crippen molar-refractivity contribution in [3.05, 3.63) is 0 Å². The van der Waals surface area contributed by atoms with Crippen molar-refractivity contribution in [1.29, 1.82) is 0 Å². The maximum absolute atomic E-state index is 11.3. The van der Waals surface area contributed by atoms with Gasteiger partial charge >= 0.3 is 7.05 Å². The Balaban J connectivity index is 2.14. The van der Waals surface area contributed by atoms with E-state index in [4.69, 9.17) is 4.74 Å². The minimum absolute atomic E-state index is 0.0972. The summed E-state index contributed by atoms with van der Waals surface area (Å²) in [7, 11) is -0.466. The molecule has 1 N–H and O–H groups in total. The molecule has 2 bridgehead atoms. The lowest BCUT2D eigenvalue weighted by atomic mass is 9.76. The van der Waals surface area contributed by atoms with Crippen molar-refractivity contribution in [2.45, 2.75) is 31.7 Å². The van der Waals surface area contributed by atoms with Crippen molar-refractivity contribution in [3.8, 4) is 0 Å². The highest BCUT2D eigenvalue weighted by Crippen LogP contribution is 2.25. The van der Waals surface area contributed by atoms with Crippen LogP contribution in [-0.2, 0) is 9.53 Å². The molecule has 2 heterocycles. The number of rotatable bonds is 1. The van der Waals surface area contributed by atoms with Crippen LogP contribution < -0.4 is 0 Å². The molecule has 2 atom stereocenters. The Labute approximate surface area is 78.0 Å². The van der Waals surface area contributed by atoms with Gasteiger partial charge in [-0.15, -0.1) is 0 Å². The van der Waals surface area contributed by atoms with Crippen LogP contribution in [0.1, 0.15) is 12.8 Å². The van der Waals surface area contributed by atoms with E-state index in [1.54, 1.807) is 6.82 Å². The topological polar surface area (TPSA) is 49.8 Å². The number of piperidine rings is 1. The molecule has 2 rings (SSSR count). The van der Waals surface area contributed by atoms with Gasteiger partial charge in [-0.05, 0) is 6.82 Å². The van der Waals surface area contributed by atoms with Gasteiger partial charge in [0.15, 0.2) is 0 Å². The number of morpholine rings is 1. The third-order valence-corrected chi connectivity index (χ3v) is 2.82. The summed E-state index contributed by atoms with van der Waals surface area (Å²) in [5.74, 6) is 0.301. The Hall–Kier alpha value is -0.385. The smallest absolute Gasteiger partial charge is 0.377 e. The van der Waals surface area contributed by atoms with Gasteiger partial charge in [-0.25, -0.2) is 0 Å². The molecule has 0 saturated carbocycles.